The van der Waals surface area contributed by atoms with Gasteiger partial charge in [-0.2, -0.15) is 0 Å². The summed E-state index contributed by atoms with van der Waals surface area (Å²) in [5.74, 6) is -0.281. The molecule has 0 saturated carbocycles. The molecule has 0 bridgehead atoms. The second-order valence-electron chi connectivity index (χ2n) is 5.97. The lowest BCUT2D eigenvalue weighted by atomic mass is 9.81. The van der Waals surface area contributed by atoms with E-state index in [2.05, 4.69) is 10.3 Å². The highest BCUT2D eigenvalue weighted by molar-refractivity contribution is 6.34. The van der Waals surface area contributed by atoms with Crippen molar-refractivity contribution in [2.75, 3.05) is 26.4 Å². The maximum atomic E-state index is 12.4. The number of benzene rings is 1. The molecule has 1 aliphatic heterocycles. The van der Waals surface area contributed by atoms with E-state index >= 15 is 0 Å². The number of aliphatic hydroxyl groups excluding tert-OH is 1. The first-order valence-corrected chi connectivity index (χ1v) is 8.03. The van der Waals surface area contributed by atoms with Crippen LogP contribution in [-0.2, 0) is 4.74 Å². The minimum Gasteiger partial charge on any atom is -0.396 e. The van der Waals surface area contributed by atoms with Gasteiger partial charge in [0.2, 0.25) is 0 Å². The first-order chi connectivity index (χ1) is 11.1. The minimum absolute atomic E-state index is 0.0303. The first-order valence-electron chi connectivity index (χ1n) is 7.66. The molecular weight excluding hydrogens is 316 g/mol. The van der Waals surface area contributed by atoms with Crippen LogP contribution in [0.3, 0.4) is 0 Å². The predicted molar refractivity (Wildman–Crippen MR) is 88.7 cm³/mol. The molecule has 2 N–H and O–H groups in total. The lowest BCUT2D eigenvalue weighted by Crippen LogP contribution is -2.43. The second-order valence-corrected chi connectivity index (χ2v) is 6.33. The second kappa shape index (κ2) is 6.83. The van der Waals surface area contributed by atoms with E-state index < -0.39 is 0 Å². The van der Waals surface area contributed by atoms with Gasteiger partial charge in [-0.1, -0.05) is 35.9 Å². The number of rotatable bonds is 4. The molecular formula is C17H19ClN2O3. The van der Waals surface area contributed by atoms with Crippen LogP contribution >= 0.6 is 11.6 Å². The van der Waals surface area contributed by atoms with E-state index in [9.17, 15) is 9.90 Å². The number of carbonyl (C=O) groups excluding carboxylic acids is 1. The Morgan fingerprint density at radius 1 is 1.35 bits per heavy atom. The van der Waals surface area contributed by atoms with Crippen LogP contribution in [-0.4, -0.2) is 42.4 Å². The highest BCUT2D eigenvalue weighted by atomic mass is 35.5. The fourth-order valence-corrected chi connectivity index (χ4v) is 3.09. The zero-order valence-electron chi connectivity index (χ0n) is 12.7. The van der Waals surface area contributed by atoms with Gasteiger partial charge < -0.3 is 15.2 Å². The summed E-state index contributed by atoms with van der Waals surface area (Å²) in [6, 6.07) is 9.27. The number of fused-ring (bicyclic) bond motifs is 1. The predicted octanol–water partition coefficient (Wildman–Crippen LogP) is 2.41. The monoisotopic (exact) mass is 334 g/mol. The van der Waals surface area contributed by atoms with Gasteiger partial charge in [0.1, 0.15) is 10.8 Å². The van der Waals surface area contributed by atoms with E-state index in [4.69, 9.17) is 16.3 Å². The van der Waals surface area contributed by atoms with E-state index in [1.807, 2.05) is 24.3 Å². The van der Waals surface area contributed by atoms with Gasteiger partial charge in [-0.15, -0.1) is 0 Å². The number of amides is 1. The number of aliphatic hydroxyl groups is 1. The number of halogens is 1. The minimum atomic E-state index is -0.311. The number of ether oxygens (including phenoxy) is 1. The number of carbonyl (C=O) groups is 1. The van der Waals surface area contributed by atoms with Crippen LogP contribution in [0.25, 0.3) is 10.8 Å². The molecule has 23 heavy (non-hydrogen) atoms. The molecule has 1 aromatic heterocycles. The molecule has 0 atom stereocenters. The number of aromatic nitrogens is 1. The average Bonchev–Trinajstić information content (AvgIpc) is 2.60. The quantitative estimate of drug-likeness (QED) is 0.842. The van der Waals surface area contributed by atoms with Crippen molar-refractivity contribution in [3.8, 4) is 0 Å². The Bertz CT molecular complexity index is 714. The molecule has 1 fully saturated rings. The van der Waals surface area contributed by atoms with Crippen LogP contribution in [0.4, 0.5) is 0 Å². The summed E-state index contributed by atoms with van der Waals surface area (Å²) in [7, 11) is 0. The van der Waals surface area contributed by atoms with Crippen molar-refractivity contribution in [2.24, 2.45) is 5.41 Å². The summed E-state index contributed by atoms with van der Waals surface area (Å²) in [4.78, 5) is 16.6. The molecule has 0 radical (unpaired) electrons. The zero-order chi connectivity index (χ0) is 16.3. The molecule has 3 rings (SSSR count). The highest BCUT2D eigenvalue weighted by Crippen LogP contribution is 2.29. The summed E-state index contributed by atoms with van der Waals surface area (Å²) in [5.41, 5.74) is -0.0250. The molecule has 2 heterocycles. The van der Waals surface area contributed by atoms with Crippen molar-refractivity contribution in [1.29, 1.82) is 0 Å². The first kappa shape index (κ1) is 16.2. The van der Waals surface area contributed by atoms with Crippen LogP contribution in [0, 0.1) is 5.41 Å². The largest absolute Gasteiger partial charge is 0.396 e. The summed E-state index contributed by atoms with van der Waals surface area (Å²) in [5, 5.41) is 14.6. The van der Waals surface area contributed by atoms with Crippen LogP contribution < -0.4 is 5.32 Å². The topological polar surface area (TPSA) is 71.5 Å². The fraction of sp³-hybridized carbons (Fsp3) is 0.412. The molecule has 6 heteroatoms. The van der Waals surface area contributed by atoms with Gasteiger partial charge in [-0.3, -0.25) is 4.79 Å². The zero-order valence-corrected chi connectivity index (χ0v) is 13.5. The lowest BCUT2D eigenvalue weighted by Gasteiger charge is -2.35. The van der Waals surface area contributed by atoms with E-state index in [1.165, 1.54) is 0 Å². The van der Waals surface area contributed by atoms with Crippen LogP contribution in [0.15, 0.2) is 30.3 Å². The van der Waals surface area contributed by atoms with Gasteiger partial charge in [0.25, 0.3) is 5.91 Å². The van der Waals surface area contributed by atoms with E-state index in [0.29, 0.717) is 24.9 Å². The molecule has 1 amide bonds. The molecule has 5 nitrogen and oxygen atoms in total. The Labute approximate surface area is 139 Å². The van der Waals surface area contributed by atoms with E-state index in [1.54, 1.807) is 6.07 Å². The van der Waals surface area contributed by atoms with Crippen molar-refractivity contribution >= 4 is 28.3 Å². The van der Waals surface area contributed by atoms with Crippen molar-refractivity contribution in [1.82, 2.24) is 10.3 Å². The summed E-state index contributed by atoms with van der Waals surface area (Å²) < 4.78 is 5.33. The van der Waals surface area contributed by atoms with Crippen molar-refractivity contribution in [3.05, 3.63) is 41.2 Å². The molecule has 1 saturated heterocycles. The SMILES string of the molecule is O=C(NCC1(CO)CCOCC1)c1cc2ccccc2c(Cl)n1. The van der Waals surface area contributed by atoms with Crippen molar-refractivity contribution in [2.45, 2.75) is 12.8 Å². The van der Waals surface area contributed by atoms with Crippen molar-refractivity contribution in [3.63, 3.8) is 0 Å². The Balaban J connectivity index is 1.75. The van der Waals surface area contributed by atoms with Gasteiger partial charge in [0.15, 0.2) is 0 Å². The Hall–Kier alpha value is -1.69. The number of hydrogen-bond donors (Lipinski definition) is 2. The Morgan fingerprint density at radius 2 is 2.09 bits per heavy atom. The van der Waals surface area contributed by atoms with Crippen LogP contribution in [0.2, 0.25) is 5.15 Å². The Kier molecular flexibility index (Phi) is 4.80. The third-order valence-corrected chi connectivity index (χ3v) is 4.73. The number of pyridine rings is 1. The molecule has 1 aliphatic rings. The lowest BCUT2D eigenvalue weighted by molar-refractivity contribution is -0.0146. The van der Waals surface area contributed by atoms with Crippen LogP contribution in [0.5, 0.6) is 0 Å². The summed E-state index contributed by atoms with van der Waals surface area (Å²) in [6.45, 7) is 1.65. The number of nitrogens with one attached hydrogen (secondary N) is 1. The maximum absolute atomic E-state index is 12.4. The number of hydrogen-bond acceptors (Lipinski definition) is 4. The highest BCUT2D eigenvalue weighted by Gasteiger charge is 2.32. The third kappa shape index (κ3) is 3.47. The van der Waals surface area contributed by atoms with Crippen molar-refractivity contribution < 1.29 is 14.6 Å². The summed E-state index contributed by atoms with van der Waals surface area (Å²) in [6.07, 6.45) is 1.46. The molecule has 0 spiro atoms. The Morgan fingerprint density at radius 3 is 2.83 bits per heavy atom. The van der Waals surface area contributed by atoms with E-state index in [0.717, 1.165) is 23.6 Å². The van der Waals surface area contributed by atoms with Gasteiger partial charge in [-0.25, -0.2) is 4.98 Å². The van der Waals surface area contributed by atoms with Gasteiger partial charge >= 0.3 is 0 Å². The molecule has 0 aliphatic carbocycles. The average molecular weight is 335 g/mol. The smallest absolute Gasteiger partial charge is 0.269 e. The van der Waals surface area contributed by atoms with Gasteiger partial charge in [0, 0.05) is 30.6 Å². The van der Waals surface area contributed by atoms with Crippen LogP contribution in [0.1, 0.15) is 23.3 Å². The molecule has 0 unspecified atom stereocenters. The number of nitrogens with zero attached hydrogens (tertiary/aromatic N) is 1. The van der Waals surface area contributed by atoms with Gasteiger partial charge in [0.05, 0.1) is 6.61 Å². The molecule has 1 aromatic carbocycles. The van der Waals surface area contributed by atoms with E-state index in [-0.39, 0.29) is 23.6 Å². The van der Waals surface area contributed by atoms with Gasteiger partial charge in [-0.05, 0) is 24.3 Å². The summed E-state index contributed by atoms with van der Waals surface area (Å²) >= 11 is 6.16. The molecule has 122 valence electrons. The fourth-order valence-electron chi connectivity index (χ4n) is 2.83. The normalized spacial score (nSPS) is 17.1. The standard InChI is InChI=1S/C17H19ClN2O3/c18-15-13-4-2-1-3-12(13)9-14(20-15)16(22)19-10-17(11-21)5-7-23-8-6-17/h1-4,9,21H,5-8,10-11H2,(H,19,22). The third-order valence-electron chi connectivity index (χ3n) is 4.44. The maximum Gasteiger partial charge on any atom is 0.269 e. The molecule has 2 aromatic rings.